The van der Waals surface area contributed by atoms with Crippen molar-refractivity contribution in [2.75, 3.05) is 0 Å². The second-order valence-corrected chi connectivity index (χ2v) is 4.61. The largest absolute Gasteiger partial charge is 0.271 e. The molecule has 18 heavy (non-hydrogen) atoms. The number of hydrazine groups is 1. The van der Waals surface area contributed by atoms with Gasteiger partial charge in [0, 0.05) is 0 Å². The Morgan fingerprint density at radius 3 is 1.89 bits per heavy atom. The predicted octanol–water partition coefficient (Wildman–Crippen LogP) is 3.11. The van der Waals surface area contributed by atoms with Crippen LogP contribution in [0.3, 0.4) is 0 Å². The summed E-state index contributed by atoms with van der Waals surface area (Å²) in [4.78, 5) is 0. The number of benzene rings is 2. The molecule has 2 rings (SSSR count). The van der Waals surface area contributed by atoms with E-state index in [4.69, 9.17) is 5.84 Å². The molecule has 1 atom stereocenters. The average molecular weight is 240 g/mol. The molecule has 2 aromatic rings. The van der Waals surface area contributed by atoms with E-state index in [1.54, 1.807) is 0 Å². The van der Waals surface area contributed by atoms with Crippen LogP contribution >= 0.6 is 0 Å². The average Bonchev–Trinajstić information content (AvgIpc) is 2.42. The van der Waals surface area contributed by atoms with Crippen molar-refractivity contribution < 1.29 is 0 Å². The third-order valence-electron chi connectivity index (χ3n) is 3.30. The second kappa shape index (κ2) is 5.80. The molecular weight excluding hydrogens is 220 g/mol. The minimum atomic E-state index is 0.0523. The molecule has 0 bridgehead atoms. The fourth-order valence-electron chi connectivity index (χ4n) is 2.09. The fourth-order valence-corrected chi connectivity index (χ4v) is 2.09. The molecule has 0 aliphatic heterocycles. The first-order chi connectivity index (χ1) is 8.74. The number of rotatable bonds is 4. The van der Waals surface area contributed by atoms with E-state index in [-0.39, 0.29) is 6.04 Å². The highest BCUT2D eigenvalue weighted by molar-refractivity contribution is 5.34. The Labute approximate surface area is 109 Å². The normalized spacial score (nSPS) is 12.4. The van der Waals surface area contributed by atoms with Crippen molar-refractivity contribution in [3.05, 3.63) is 70.8 Å². The van der Waals surface area contributed by atoms with E-state index in [9.17, 15) is 0 Å². The van der Waals surface area contributed by atoms with E-state index in [1.807, 2.05) is 0 Å². The highest BCUT2D eigenvalue weighted by atomic mass is 15.2. The smallest absolute Gasteiger partial charge is 0.0710 e. The van der Waals surface area contributed by atoms with Gasteiger partial charge in [-0.25, -0.2) is 5.43 Å². The van der Waals surface area contributed by atoms with Gasteiger partial charge in [0.2, 0.25) is 0 Å². The van der Waals surface area contributed by atoms with Gasteiger partial charge in [-0.3, -0.25) is 5.84 Å². The number of nitrogens with one attached hydrogen (secondary N) is 1. The van der Waals surface area contributed by atoms with Crippen LogP contribution in [0.25, 0.3) is 0 Å². The lowest BCUT2D eigenvalue weighted by Gasteiger charge is -2.17. The summed E-state index contributed by atoms with van der Waals surface area (Å²) < 4.78 is 0. The highest BCUT2D eigenvalue weighted by Gasteiger charge is 2.11. The van der Waals surface area contributed by atoms with Gasteiger partial charge in [-0.05, 0) is 30.0 Å². The van der Waals surface area contributed by atoms with E-state index >= 15 is 0 Å². The first-order valence-electron chi connectivity index (χ1n) is 6.36. The molecule has 0 radical (unpaired) electrons. The SMILES string of the molecule is CCc1ccc(C(NN)c2ccc(C)cc2)cc1. The van der Waals surface area contributed by atoms with Crippen LogP contribution in [0, 0.1) is 6.92 Å². The van der Waals surface area contributed by atoms with E-state index < -0.39 is 0 Å². The molecule has 2 heteroatoms. The van der Waals surface area contributed by atoms with E-state index in [0.717, 1.165) is 6.42 Å². The molecule has 94 valence electrons. The second-order valence-electron chi connectivity index (χ2n) is 4.61. The highest BCUT2D eigenvalue weighted by Crippen LogP contribution is 2.22. The van der Waals surface area contributed by atoms with Crippen LogP contribution in [0.1, 0.15) is 35.2 Å². The Balaban J connectivity index is 2.29. The molecule has 0 aliphatic carbocycles. The minimum Gasteiger partial charge on any atom is -0.271 e. The maximum absolute atomic E-state index is 5.70. The molecule has 0 saturated heterocycles. The van der Waals surface area contributed by atoms with Crippen LogP contribution in [-0.2, 0) is 6.42 Å². The topological polar surface area (TPSA) is 38.0 Å². The summed E-state index contributed by atoms with van der Waals surface area (Å²) in [7, 11) is 0. The fraction of sp³-hybridized carbons (Fsp3) is 0.250. The summed E-state index contributed by atoms with van der Waals surface area (Å²) >= 11 is 0. The van der Waals surface area contributed by atoms with Crippen molar-refractivity contribution in [1.82, 2.24) is 5.43 Å². The van der Waals surface area contributed by atoms with Crippen LogP contribution in [-0.4, -0.2) is 0 Å². The van der Waals surface area contributed by atoms with Crippen LogP contribution in [0.15, 0.2) is 48.5 Å². The Morgan fingerprint density at radius 1 is 0.944 bits per heavy atom. The van der Waals surface area contributed by atoms with Crippen LogP contribution in [0.4, 0.5) is 0 Å². The van der Waals surface area contributed by atoms with Crippen molar-refractivity contribution in [2.24, 2.45) is 5.84 Å². The Kier molecular flexibility index (Phi) is 4.13. The lowest BCUT2D eigenvalue weighted by molar-refractivity contribution is 0.636. The molecule has 0 amide bonds. The third kappa shape index (κ3) is 2.78. The summed E-state index contributed by atoms with van der Waals surface area (Å²) in [6, 6.07) is 17.1. The number of aryl methyl sites for hydroxylation is 2. The van der Waals surface area contributed by atoms with Crippen molar-refractivity contribution in [3.8, 4) is 0 Å². The maximum atomic E-state index is 5.70. The van der Waals surface area contributed by atoms with E-state index in [1.165, 1.54) is 22.3 Å². The molecular formula is C16H20N2. The van der Waals surface area contributed by atoms with E-state index in [2.05, 4.69) is 67.8 Å². The molecule has 1 unspecified atom stereocenters. The Hall–Kier alpha value is -1.64. The molecule has 0 aliphatic rings. The number of nitrogens with two attached hydrogens (primary N) is 1. The van der Waals surface area contributed by atoms with Crippen LogP contribution < -0.4 is 11.3 Å². The zero-order chi connectivity index (χ0) is 13.0. The monoisotopic (exact) mass is 240 g/mol. The van der Waals surface area contributed by atoms with Gasteiger partial charge in [-0.2, -0.15) is 0 Å². The molecule has 2 aromatic carbocycles. The van der Waals surface area contributed by atoms with Gasteiger partial charge in [-0.15, -0.1) is 0 Å². The Morgan fingerprint density at radius 2 is 1.44 bits per heavy atom. The summed E-state index contributed by atoms with van der Waals surface area (Å²) in [6.07, 6.45) is 1.06. The summed E-state index contributed by atoms with van der Waals surface area (Å²) in [5.41, 5.74) is 7.88. The zero-order valence-corrected chi connectivity index (χ0v) is 11.0. The standard InChI is InChI=1S/C16H20N2/c1-3-13-6-10-15(11-7-13)16(18-17)14-8-4-12(2)5-9-14/h4-11,16,18H,3,17H2,1-2H3. The van der Waals surface area contributed by atoms with Crippen molar-refractivity contribution in [3.63, 3.8) is 0 Å². The molecule has 0 heterocycles. The Bertz CT molecular complexity index is 486. The quantitative estimate of drug-likeness (QED) is 0.636. The maximum Gasteiger partial charge on any atom is 0.0710 e. The lowest BCUT2D eigenvalue weighted by atomic mass is 9.97. The summed E-state index contributed by atoms with van der Waals surface area (Å²) in [5, 5.41) is 0. The molecule has 3 N–H and O–H groups in total. The van der Waals surface area contributed by atoms with Gasteiger partial charge >= 0.3 is 0 Å². The van der Waals surface area contributed by atoms with Gasteiger partial charge in [0.1, 0.15) is 0 Å². The number of hydrogen-bond acceptors (Lipinski definition) is 2. The van der Waals surface area contributed by atoms with Gasteiger partial charge in [0.25, 0.3) is 0 Å². The first kappa shape index (κ1) is 12.8. The first-order valence-corrected chi connectivity index (χ1v) is 6.36. The number of hydrogen-bond donors (Lipinski definition) is 2. The predicted molar refractivity (Wildman–Crippen MR) is 76.2 cm³/mol. The summed E-state index contributed by atoms with van der Waals surface area (Å²) in [5.74, 6) is 5.70. The van der Waals surface area contributed by atoms with Crippen LogP contribution in [0.5, 0.6) is 0 Å². The van der Waals surface area contributed by atoms with Crippen LogP contribution in [0.2, 0.25) is 0 Å². The van der Waals surface area contributed by atoms with Gasteiger partial charge in [0.05, 0.1) is 6.04 Å². The summed E-state index contributed by atoms with van der Waals surface area (Å²) in [6.45, 7) is 4.25. The molecule has 0 saturated carbocycles. The van der Waals surface area contributed by atoms with Gasteiger partial charge in [-0.1, -0.05) is 61.0 Å². The zero-order valence-electron chi connectivity index (χ0n) is 11.0. The molecule has 2 nitrogen and oxygen atoms in total. The molecule has 0 aromatic heterocycles. The third-order valence-corrected chi connectivity index (χ3v) is 3.30. The van der Waals surface area contributed by atoms with E-state index in [0.29, 0.717) is 0 Å². The van der Waals surface area contributed by atoms with Crippen molar-refractivity contribution in [2.45, 2.75) is 26.3 Å². The molecule has 0 fully saturated rings. The molecule has 0 spiro atoms. The minimum absolute atomic E-state index is 0.0523. The van der Waals surface area contributed by atoms with Crippen molar-refractivity contribution in [1.29, 1.82) is 0 Å². The van der Waals surface area contributed by atoms with Gasteiger partial charge in [0.15, 0.2) is 0 Å². The van der Waals surface area contributed by atoms with Crippen molar-refractivity contribution >= 4 is 0 Å². The lowest BCUT2D eigenvalue weighted by Crippen LogP contribution is -2.28. The van der Waals surface area contributed by atoms with Gasteiger partial charge < -0.3 is 0 Å².